The average Bonchev–Trinajstić information content (AvgIpc) is 2.63. The van der Waals surface area contributed by atoms with Gasteiger partial charge in [0.1, 0.15) is 5.69 Å². The Bertz CT molecular complexity index is 459. The van der Waals surface area contributed by atoms with Crippen molar-refractivity contribution >= 4 is 11.6 Å². The van der Waals surface area contributed by atoms with Gasteiger partial charge in [-0.25, -0.2) is 4.98 Å². The van der Waals surface area contributed by atoms with Crippen LogP contribution in [0.2, 0.25) is 5.02 Å². The molecular weight excluding hydrogens is 214 g/mol. The highest BCUT2D eigenvalue weighted by molar-refractivity contribution is 6.30. The summed E-state index contributed by atoms with van der Waals surface area (Å²) in [4.78, 5) is 3.91. The number of hydrogen-bond donors (Lipinski definition) is 1. The first-order chi connectivity index (χ1) is 7.20. The van der Waals surface area contributed by atoms with Crippen LogP contribution in [0.25, 0.3) is 11.3 Å². The second-order valence-electron chi connectivity index (χ2n) is 3.30. The molecule has 3 nitrogen and oxygen atoms in total. The largest absolute Gasteiger partial charge is 0.443 e. The Morgan fingerprint density at radius 3 is 2.87 bits per heavy atom. The molecule has 2 rings (SSSR count). The lowest BCUT2D eigenvalue weighted by Crippen LogP contribution is -1.87. The van der Waals surface area contributed by atoms with E-state index in [4.69, 9.17) is 21.1 Å². The summed E-state index contributed by atoms with van der Waals surface area (Å²) in [5.41, 5.74) is 2.40. The van der Waals surface area contributed by atoms with Crippen molar-refractivity contribution in [3.8, 4) is 11.3 Å². The van der Waals surface area contributed by atoms with Crippen LogP contribution in [0.4, 0.5) is 0 Å². The quantitative estimate of drug-likeness (QED) is 0.852. The summed E-state index contributed by atoms with van der Waals surface area (Å²) in [6.07, 6.45) is 1.32. The third-order valence-corrected chi connectivity index (χ3v) is 2.31. The third-order valence-electron chi connectivity index (χ3n) is 2.10. The van der Waals surface area contributed by atoms with Crippen molar-refractivity contribution in [3.63, 3.8) is 0 Å². The van der Waals surface area contributed by atoms with E-state index in [2.05, 4.69) is 4.98 Å². The molecule has 0 radical (unpaired) electrons. The predicted molar refractivity (Wildman–Crippen MR) is 57.6 cm³/mol. The van der Waals surface area contributed by atoms with Gasteiger partial charge in [-0.15, -0.1) is 0 Å². The standard InChI is InChI=1S/C11H10ClNO2/c1-7-2-8(4-9(12)3-7)11-10(5-14)13-6-15-11/h2-4,6,14H,5H2,1H3. The fourth-order valence-electron chi connectivity index (χ4n) is 1.48. The van der Waals surface area contributed by atoms with Gasteiger partial charge in [0.25, 0.3) is 0 Å². The summed E-state index contributed by atoms with van der Waals surface area (Å²) in [5, 5.41) is 9.70. The van der Waals surface area contributed by atoms with Crippen LogP contribution in [0, 0.1) is 6.92 Å². The van der Waals surface area contributed by atoms with E-state index in [9.17, 15) is 0 Å². The van der Waals surface area contributed by atoms with Crippen molar-refractivity contribution in [1.82, 2.24) is 4.98 Å². The molecule has 2 aromatic rings. The van der Waals surface area contributed by atoms with E-state index in [-0.39, 0.29) is 6.61 Å². The summed E-state index contributed by atoms with van der Waals surface area (Å²) in [6.45, 7) is 1.81. The Morgan fingerprint density at radius 1 is 1.40 bits per heavy atom. The molecule has 0 amide bonds. The normalized spacial score (nSPS) is 10.6. The van der Waals surface area contributed by atoms with Crippen LogP contribution < -0.4 is 0 Å². The van der Waals surface area contributed by atoms with Crippen LogP contribution >= 0.6 is 11.6 Å². The Labute approximate surface area is 92.3 Å². The number of rotatable bonds is 2. The summed E-state index contributed by atoms with van der Waals surface area (Å²) in [5.74, 6) is 0.572. The molecule has 1 aromatic heterocycles. The van der Waals surface area contributed by atoms with Gasteiger partial charge >= 0.3 is 0 Å². The smallest absolute Gasteiger partial charge is 0.181 e. The molecule has 78 valence electrons. The van der Waals surface area contributed by atoms with Crippen LogP contribution in [0.1, 0.15) is 11.3 Å². The van der Waals surface area contributed by atoms with E-state index >= 15 is 0 Å². The van der Waals surface area contributed by atoms with E-state index < -0.39 is 0 Å². The van der Waals surface area contributed by atoms with Crippen LogP contribution in [-0.4, -0.2) is 10.1 Å². The molecule has 0 spiro atoms. The van der Waals surface area contributed by atoms with Crippen molar-refractivity contribution in [1.29, 1.82) is 0 Å². The minimum atomic E-state index is -0.141. The van der Waals surface area contributed by atoms with Crippen molar-refractivity contribution in [2.45, 2.75) is 13.5 Å². The van der Waals surface area contributed by atoms with Crippen molar-refractivity contribution in [2.75, 3.05) is 0 Å². The van der Waals surface area contributed by atoms with Crippen molar-refractivity contribution in [2.24, 2.45) is 0 Å². The van der Waals surface area contributed by atoms with Gasteiger partial charge < -0.3 is 9.52 Å². The van der Waals surface area contributed by atoms with E-state index in [0.717, 1.165) is 11.1 Å². The number of aromatic nitrogens is 1. The molecule has 15 heavy (non-hydrogen) atoms. The van der Waals surface area contributed by atoms with E-state index in [1.54, 1.807) is 6.07 Å². The molecule has 0 unspecified atom stereocenters. The number of oxazole rings is 1. The number of aliphatic hydroxyl groups is 1. The minimum Gasteiger partial charge on any atom is -0.443 e. The zero-order valence-electron chi connectivity index (χ0n) is 8.20. The van der Waals surface area contributed by atoms with Gasteiger partial charge in [-0.1, -0.05) is 11.6 Å². The molecule has 0 atom stereocenters. The first-order valence-corrected chi connectivity index (χ1v) is 4.89. The number of halogens is 1. The van der Waals surface area contributed by atoms with Crippen molar-refractivity contribution < 1.29 is 9.52 Å². The zero-order chi connectivity index (χ0) is 10.8. The van der Waals surface area contributed by atoms with Gasteiger partial charge in [-0.05, 0) is 30.7 Å². The molecule has 0 aliphatic rings. The van der Waals surface area contributed by atoms with Crippen LogP contribution in [0.3, 0.4) is 0 Å². The van der Waals surface area contributed by atoms with E-state index in [1.807, 2.05) is 19.1 Å². The zero-order valence-corrected chi connectivity index (χ0v) is 8.95. The van der Waals surface area contributed by atoms with E-state index in [1.165, 1.54) is 6.39 Å². The highest BCUT2D eigenvalue weighted by Gasteiger charge is 2.10. The number of aliphatic hydroxyl groups excluding tert-OH is 1. The molecule has 0 fully saturated rings. The number of hydrogen-bond acceptors (Lipinski definition) is 3. The highest BCUT2D eigenvalue weighted by atomic mass is 35.5. The van der Waals surface area contributed by atoms with Gasteiger partial charge in [-0.3, -0.25) is 0 Å². The maximum atomic E-state index is 9.05. The SMILES string of the molecule is Cc1cc(Cl)cc(-c2ocnc2CO)c1. The summed E-state index contributed by atoms with van der Waals surface area (Å²) < 4.78 is 5.22. The molecule has 4 heteroatoms. The third kappa shape index (κ3) is 2.03. The molecule has 0 saturated heterocycles. The maximum absolute atomic E-state index is 9.05. The molecular formula is C11H10ClNO2. The number of nitrogens with zero attached hydrogens (tertiary/aromatic N) is 1. The lowest BCUT2D eigenvalue weighted by Gasteiger charge is -2.01. The molecule has 1 N–H and O–H groups in total. The van der Waals surface area contributed by atoms with Gasteiger partial charge in [0.15, 0.2) is 12.2 Å². The fourth-order valence-corrected chi connectivity index (χ4v) is 1.77. The topological polar surface area (TPSA) is 46.3 Å². The predicted octanol–water partition coefficient (Wildman–Crippen LogP) is 2.80. The first kappa shape index (κ1) is 10.2. The molecule has 1 heterocycles. The summed E-state index contributed by atoms with van der Waals surface area (Å²) in [7, 11) is 0. The molecule has 1 aromatic carbocycles. The Hall–Kier alpha value is -1.32. The Balaban J connectivity index is 2.53. The minimum absolute atomic E-state index is 0.141. The Morgan fingerprint density at radius 2 is 2.20 bits per heavy atom. The second-order valence-corrected chi connectivity index (χ2v) is 3.74. The van der Waals surface area contributed by atoms with Gasteiger partial charge in [0.2, 0.25) is 0 Å². The summed E-state index contributed by atoms with van der Waals surface area (Å²) >= 11 is 5.94. The van der Waals surface area contributed by atoms with Gasteiger partial charge in [0.05, 0.1) is 6.61 Å². The monoisotopic (exact) mass is 223 g/mol. The first-order valence-electron chi connectivity index (χ1n) is 4.51. The lowest BCUT2D eigenvalue weighted by molar-refractivity contribution is 0.277. The van der Waals surface area contributed by atoms with Crippen LogP contribution in [0.15, 0.2) is 29.0 Å². The second kappa shape index (κ2) is 4.04. The average molecular weight is 224 g/mol. The highest BCUT2D eigenvalue weighted by Crippen LogP contribution is 2.27. The molecule has 0 bridgehead atoms. The van der Waals surface area contributed by atoms with Crippen LogP contribution in [-0.2, 0) is 6.61 Å². The van der Waals surface area contributed by atoms with Crippen molar-refractivity contribution in [3.05, 3.63) is 40.9 Å². The molecule has 0 aliphatic heterocycles. The fraction of sp³-hybridized carbons (Fsp3) is 0.182. The van der Waals surface area contributed by atoms with E-state index in [0.29, 0.717) is 16.5 Å². The van der Waals surface area contributed by atoms with Gasteiger partial charge in [0, 0.05) is 10.6 Å². The number of benzene rings is 1. The molecule has 0 saturated carbocycles. The summed E-state index contributed by atoms with van der Waals surface area (Å²) in [6, 6.07) is 5.58. The lowest BCUT2D eigenvalue weighted by atomic mass is 10.1. The number of aryl methyl sites for hydroxylation is 1. The van der Waals surface area contributed by atoms with Gasteiger partial charge in [-0.2, -0.15) is 0 Å². The Kier molecular flexibility index (Phi) is 2.75. The molecule has 0 aliphatic carbocycles. The van der Waals surface area contributed by atoms with Crippen LogP contribution in [0.5, 0.6) is 0 Å². The maximum Gasteiger partial charge on any atom is 0.181 e.